The van der Waals surface area contributed by atoms with Crippen LogP contribution >= 0.6 is 0 Å². The summed E-state index contributed by atoms with van der Waals surface area (Å²) in [5, 5.41) is 21.1. The number of carbonyl (C=O) groups excluding carboxylic acids is 2. The van der Waals surface area contributed by atoms with Crippen molar-refractivity contribution in [2.75, 3.05) is 13.2 Å². The van der Waals surface area contributed by atoms with Crippen LogP contribution in [-0.4, -0.2) is 71.7 Å². The Balaban J connectivity index is 2.26. The molecule has 2 amide bonds. The normalized spacial score (nSPS) is 35.4. The van der Waals surface area contributed by atoms with Crippen molar-refractivity contribution >= 4 is 11.8 Å². The summed E-state index contributed by atoms with van der Waals surface area (Å²) >= 11 is 0. The second-order valence-electron chi connectivity index (χ2n) is 13.9. The first-order valence-electron chi connectivity index (χ1n) is 13.0. The molecule has 10 heteroatoms. The zero-order valence-electron chi connectivity index (χ0n) is 23.0. The highest BCUT2D eigenvalue weighted by Crippen LogP contribution is 2.47. The number of nitrogens with two attached hydrogens (primary N) is 4. The first-order chi connectivity index (χ1) is 16.3. The van der Waals surface area contributed by atoms with Crippen molar-refractivity contribution in [3.05, 3.63) is 0 Å². The summed E-state index contributed by atoms with van der Waals surface area (Å²) in [6, 6.07) is -0.0357. The Bertz CT molecular complexity index is 792. The Hall–Kier alpha value is -1.30. The third kappa shape index (κ3) is 8.36. The van der Waals surface area contributed by atoms with Crippen molar-refractivity contribution < 1.29 is 29.3 Å². The van der Waals surface area contributed by atoms with E-state index >= 15 is 0 Å². The monoisotopic (exact) mass is 514 g/mol. The molecule has 0 spiro atoms. The van der Waals surface area contributed by atoms with E-state index in [1.54, 1.807) is 0 Å². The van der Waals surface area contributed by atoms with Crippen LogP contribution in [0.5, 0.6) is 0 Å². The third-order valence-electron chi connectivity index (χ3n) is 7.72. The van der Waals surface area contributed by atoms with Crippen molar-refractivity contribution in [2.45, 2.75) is 117 Å². The predicted molar refractivity (Wildman–Crippen MR) is 137 cm³/mol. The number of rotatable bonds is 11. The molecule has 2 aliphatic rings. The molecule has 36 heavy (non-hydrogen) atoms. The number of ether oxygens (including phenoxy) is 2. The molecule has 2 rings (SSSR count). The minimum Gasteiger partial charge on any atom is -0.387 e. The van der Waals surface area contributed by atoms with Gasteiger partial charge in [-0.1, -0.05) is 41.5 Å². The molecule has 4 unspecified atom stereocenters. The van der Waals surface area contributed by atoms with Gasteiger partial charge in [0.1, 0.15) is 12.2 Å². The van der Waals surface area contributed by atoms with Crippen LogP contribution in [-0.2, 0) is 19.1 Å². The van der Waals surface area contributed by atoms with E-state index in [1.165, 1.54) is 0 Å². The molecule has 0 heterocycles. The van der Waals surface area contributed by atoms with Gasteiger partial charge in [0, 0.05) is 12.1 Å². The zero-order valence-corrected chi connectivity index (χ0v) is 23.0. The molecule has 0 bridgehead atoms. The van der Waals surface area contributed by atoms with Crippen LogP contribution in [0.4, 0.5) is 0 Å². The Morgan fingerprint density at radius 2 is 1.19 bits per heavy atom. The fourth-order valence-electron chi connectivity index (χ4n) is 7.29. The lowest BCUT2D eigenvalue weighted by molar-refractivity contribution is -0.184. The summed E-state index contributed by atoms with van der Waals surface area (Å²) in [4.78, 5) is 24.2. The summed E-state index contributed by atoms with van der Waals surface area (Å²) in [5.74, 6) is -2.01. The SMILES string of the molecule is CC1(C)CC(N)CC(C)(CO[C@@H]([C@H](O)[C@H](O)C(N)=O)[C@@H](OCC2(C)CC(N)CC(C)(C)C2)C(N)=O)C1. The number of hydrogen-bond acceptors (Lipinski definition) is 8. The topological polar surface area (TPSA) is 197 Å². The average molecular weight is 515 g/mol. The molecular weight excluding hydrogens is 464 g/mol. The molecule has 2 fully saturated rings. The van der Waals surface area contributed by atoms with Gasteiger partial charge in [-0.2, -0.15) is 0 Å². The van der Waals surface area contributed by atoms with Gasteiger partial charge in [-0.25, -0.2) is 0 Å². The first-order valence-corrected chi connectivity index (χ1v) is 13.0. The third-order valence-corrected chi connectivity index (χ3v) is 7.72. The number of aliphatic hydroxyl groups excluding tert-OH is 2. The number of amides is 2. The molecule has 0 aromatic heterocycles. The smallest absolute Gasteiger partial charge is 0.249 e. The number of hydrogen-bond donors (Lipinski definition) is 6. The Morgan fingerprint density at radius 3 is 1.56 bits per heavy atom. The molecule has 0 aromatic carbocycles. The van der Waals surface area contributed by atoms with Gasteiger partial charge in [0.2, 0.25) is 11.8 Å². The fraction of sp³-hybridized carbons (Fsp3) is 0.923. The fourth-order valence-corrected chi connectivity index (χ4v) is 7.29. The standard InChI is InChI=1S/C26H50N4O6/c1-23(2)7-15(27)9-25(5,11-23)13-35-19(17(31)18(32)21(29)33)20(22(30)34)36-14-26(6)10-16(28)8-24(3,4)12-26/h15-20,31-32H,7-14,27-28H2,1-6H3,(H2,29,33)(H2,30,34)/t15?,16?,17-,18+,19+,20-,25?,26?/m1/s1. The van der Waals surface area contributed by atoms with Crippen LogP contribution < -0.4 is 22.9 Å². The lowest BCUT2D eigenvalue weighted by Gasteiger charge is -2.47. The van der Waals surface area contributed by atoms with E-state index in [0.717, 1.165) is 25.7 Å². The van der Waals surface area contributed by atoms with Gasteiger partial charge in [0.25, 0.3) is 0 Å². The summed E-state index contributed by atoms with van der Waals surface area (Å²) in [6.07, 6.45) is -1.83. The maximum Gasteiger partial charge on any atom is 0.249 e. The predicted octanol–water partition coefficient (Wildman–Crippen LogP) is 0.537. The van der Waals surface area contributed by atoms with E-state index < -0.39 is 36.2 Å². The van der Waals surface area contributed by atoms with Crippen molar-refractivity contribution in [1.82, 2.24) is 0 Å². The van der Waals surface area contributed by atoms with Crippen LogP contribution in [0.3, 0.4) is 0 Å². The second kappa shape index (κ2) is 11.2. The van der Waals surface area contributed by atoms with Crippen molar-refractivity contribution in [3.8, 4) is 0 Å². The molecule has 0 radical (unpaired) electrons. The van der Waals surface area contributed by atoms with E-state index in [4.69, 9.17) is 32.4 Å². The minimum absolute atomic E-state index is 0.00326. The molecule has 2 saturated carbocycles. The Labute approximate surface area is 215 Å². The first kappa shape index (κ1) is 30.9. The van der Waals surface area contributed by atoms with E-state index in [-0.39, 0.29) is 47.0 Å². The highest BCUT2D eigenvalue weighted by molar-refractivity contribution is 5.81. The van der Waals surface area contributed by atoms with Gasteiger partial charge in [-0.05, 0) is 60.2 Å². The zero-order chi connectivity index (χ0) is 27.7. The maximum atomic E-state index is 12.6. The molecule has 10 nitrogen and oxygen atoms in total. The lowest BCUT2D eigenvalue weighted by atomic mass is 9.63. The minimum atomic E-state index is -1.96. The average Bonchev–Trinajstić information content (AvgIpc) is 2.64. The number of carbonyl (C=O) groups is 2. The molecule has 2 aliphatic carbocycles. The van der Waals surface area contributed by atoms with Crippen LogP contribution in [0.25, 0.3) is 0 Å². The Morgan fingerprint density at radius 1 is 0.778 bits per heavy atom. The molecule has 0 aromatic rings. The molecule has 10 N–H and O–H groups in total. The molecule has 0 aliphatic heterocycles. The van der Waals surface area contributed by atoms with E-state index in [0.29, 0.717) is 12.8 Å². The van der Waals surface area contributed by atoms with Gasteiger partial charge in [-0.3, -0.25) is 9.59 Å². The van der Waals surface area contributed by atoms with E-state index in [2.05, 4.69) is 27.7 Å². The largest absolute Gasteiger partial charge is 0.387 e. The van der Waals surface area contributed by atoms with Crippen molar-refractivity contribution in [1.29, 1.82) is 0 Å². The van der Waals surface area contributed by atoms with Gasteiger partial charge in [0.15, 0.2) is 12.2 Å². The molecule has 0 saturated heterocycles. The van der Waals surface area contributed by atoms with Crippen LogP contribution in [0, 0.1) is 21.7 Å². The van der Waals surface area contributed by atoms with Gasteiger partial charge in [-0.15, -0.1) is 0 Å². The quantitative estimate of drug-likeness (QED) is 0.229. The van der Waals surface area contributed by atoms with E-state index in [9.17, 15) is 19.8 Å². The summed E-state index contributed by atoms with van der Waals surface area (Å²) in [5.41, 5.74) is 22.8. The number of primary amides is 2. The van der Waals surface area contributed by atoms with Crippen molar-refractivity contribution in [2.24, 2.45) is 44.6 Å². The molecular formula is C26H50N4O6. The molecule has 8 atom stereocenters. The maximum absolute atomic E-state index is 12.6. The van der Waals surface area contributed by atoms with Crippen LogP contribution in [0.15, 0.2) is 0 Å². The van der Waals surface area contributed by atoms with Gasteiger partial charge < -0.3 is 42.6 Å². The van der Waals surface area contributed by atoms with E-state index in [1.807, 2.05) is 13.8 Å². The van der Waals surface area contributed by atoms with Gasteiger partial charge >= 0.3 is 0 Å². The van der Waals surface area contributed by atoms with Crippen molar-refractivity contribution in [3.63, 3.8) is 0 Å². The van der Waals surface area contributed by atoms with Gasteiger partial charge in [0.05, 0.1) is 13.2 Å². The lowest BCUT2D eigenvalue weighted by Crippen LogP contribution is -2.57. The Kier molecular flexibility index (Phi) is 9.63. The number of aliphatic hydroxyl groups is 2. The summed E-state index contributed by atoms with van der Waals surface area (Å²) in [7, 11) is 0. The van der Waals surface area contributed by atoms with Crippen LogP contribution in [0.1, 0.15) is 80.1 Å². The summed E-state index contributed by atoms with van der Waals surface area (Å²) < 4.78 is 12.1. The summed E-state index contributed by atoms with van der Waals surface area (Å²) in [6.45, 7) is 12.9. The van der Waals surface area contributed by atoms with Crippen LogP contribution in [0.2, 0.25) is 0 Å². The highest BCUT2D eigenvalue weighted by atomic mass is 16.6. The second-order valence-corrected chi connectivity index (χ2v) is 13.9. The highest BCUT2D eigenvalue weighted by Gasteiger charge is 2.46. The molecule has 210 valence electrons.